The molecule has 7 heteroatoms. The fourth-order valence-corrected chi connectivity index (χ4v) is 4.52. The summed E-state index contributed by atoms with van der Waals surface area (Å²) >= 11 is 1.22. The maximum Gasteiger partial charge on any atom is 0.273 e. The molecule has 1 aromatic carbocycles. The van der Waals surface area contributed by atoms with Crippen molar-refractivity contribution < 1.29 is 13.2 Å². The average Bonchev–Trinajstić information content (AvgIpc) is 2.96. The predicted octanol–water partition coefficient (Wildman–Crippen LogP) is 2.30. The van der Waals surface area contributed by atoms with Crippen molar-refractivity contribution in [1.82, 2.24) is 5.32 Å². The number of nitrogens with one attached hydrogen (secondary N) is 1. The molecule has 0 saturated carbocycles. The summed E-state index contributed by atoms with van der Waals surface area (Å²) in [5.74, 6) is 0.524. The molecular weight excluding hydrogens is 308 g/mol. The number of para-hydroxylation sites is 2. The third-order valence-electron chi connectivity index (χ3n) is 3.05. The van der Waals surface area contributed by atoms with Gasteiger partial charge in [-0.1, -0.05) is 12.1 Å². The maximum atomic E-state index is 12.7. The van der Waals surface area contributed by atoms with Crippen LogP contribution in [0.4, 0.5) is 5.69 Å². The first kappa shape index (κ1) is 15.8. The second-order valence-electron chi connectivity index (χ2n) is 4.45. The van der Waals surface area contributed by atoms with Crippen LogP contribution in [0.15, 0.2) is 39.9 Å². The normalized spacial score (nSPS) is 11.4. The molecule has 0 radical (unpaired) electrons. The molecule has 0 spiro atoms. The van der Waals surface area contributed by atoms with Crippen LogP contribution in [-0.2, 0) is 16.6 Å². The lowest BCUT2D eigenvalue weighted by Crippen LogP contribution is -2.26. The van der Waals surface area contributed by atoms with Crippen molar-refractivity contribution in [3.63, 3.8) is 0 Å². The lowest BCUT2D eigenvalue weighted by molar-refractivity contribution is 0.416. The van der Waals surface area contributed by atoms with Crippen LogP contribution < -0.4 is 14.4 Å². The van der Waals surface area contributed by atoms with Gasteiger partial charge in [0.2, 0.25) is 0 Å². The molecule has 1 N–H and O–H groups in total. The van der Waals surface area contributed by atoms with Crippen LogP contribution in [-0.4, -0.2) is 29.6 Å². The number of methoxy groups -OCH3 is 1. The monoisotopic (exact) mass is 326 g/mol. The van der Waals surface area contributed by atoms with Crippen molar-refractivity contribution in [2.45, 2.75) is 10.8 Å². The van der Waals surface area contributed by atoms with Crippen LogP contribution in [0.25, 0.3) is 0 Å². The minimum atomic E-state index is -3.58. The lowest BCUT2D eigenvalue weighted by Gasteiger charge is -2.20. The zero-order chi connectivity index (χ0) is 15.5. The van der Waals surface area contributed by atoms with E-state index in [1.165, 1.54) is 29.8 Å². The van der Waals surface area contributed by atoms with Gasteiger partial charge in [-0.2, -0.15) is 0 Å². The van der Waals surface area contributed by atoms with E-state index in [9.17, 15) is 8.42 Å². The number of thiophene rings is 1. The van der Waals surface area contributed by atoms with Gasteiger partial charge in [-0.05, 0) is 36.2 Å². The predicted molar refractivity (Wildman–Crippen MR) is 85.7 cm³/mol. The van der Waals surface area contributed by atoms with Crippen molar-refractivity contribution in [1.29, 1.82) is 0 Å². The smallest absolute Gasteiger partial charge is 0.273 e. The van der Waals surface area contributed by atoms with E-state index in [4.69, 9.17) is 4.74 Å². The quantitative estimate of drug-likeness (QED) is 0.885. The largest absolute Gasteiger partial charge is 0.495 e. The Morgan fingerprint density at radius 2 is 2.05 bits per heavy atom. The van der Waals surface area contributed by atoms with Gasteiger partial charge in [-0.25, -0.2) is 8.42 Å². The third kappa shape index (κ3) is 3.20. The summed E-state index contributed by atoms with van der Waals surface area (Å²) in [6.07, 6.45) is 0. The van der Waals surface area contributed by atoms with Gasteiger partial charge >= 0.3 is 0 Å². The van der Waals surface area contributed by atoms with Crippen molar-refractivity contribution in [2.75, 3.05) is 25.5 Å². The minimum Gasteiger partial charge on any atom is -0.495 e. The highest BCUT2D eigenvalue weighted by Gasteiger charge is 2.25. The molecule has 0 saturated heterocycles. The Labute approximate surface area is 129 Å². The number of hydrogen-bond donors (Lipinski definition) is 1. The van der Waals surface area contributed by atoms with E-state index in [0.717, 1.165) is 5.56 Å². The average molecular weight is 326 g/mol. The van der Waals surface area contributed by atoms with Crippen LogP contribution in [0.3, 0.4) is 0 Å². The highest BCUT2D eigenvalue weighted by atomic mass is 32.2. The second kappa shape index (κ2) is 6.46. The third-order valence-corrected chi connectivity index (χ3v) is 6.29. The number of ether oxygens (including phenoxy) is 1. The second-order valence-corrected chi connectivity index (χ2v) is 7.56. The number of benzene rings is 1. The van der Waals surface area contributed by atoms with Crippen molar-refractivity contribution in [2.24, 2.45) is 0 Å². The summed E-state index contributed by atoms with van der Waals surface area (Å²) < 4.78 is 32.2. The van der Waals surface area contributed by atoms with Crippen molar-refractivity contribution in [3.8, 4) is 5.75 Å². The lowest BCUT2D eigenvalue weighted by atomic mass is 10.3. The molecule has 0 aliphatic heterocycles. The molecule has 114 valence electrons. The molecule has 0 bridgehead atoms. The first-order valence-corrected chi connectivity index (χ1v) is 8.66. The fraction of sp³-hybridized carbons (Fsp3) is 0.286. The van der Waals surface area contributed by atoms with Crippen LogP contribution in [0.1, 0.15) is 5.56 Å². The molecule has 0 aliphatic rings. The highest BCUT2D eigenvalue weighted by Crippen LogP contribution is 2.32. The van der Waals surface area contributed by atoms with Gasteiger partial charge in [0.05, 0.1) is 12.8 Å². The highest BCUT2D eigenvalue weighted by molar-refractivity contribution is 7.94. The standard InChI is InChI=1S/C14H18N2O3S2/c1-15-9-11-8-14(20-10-11)21(17,18)16(2)12-6-4-5-7-13(12)19-3/h4-8,10,15H,9H2,1-3H3. The Balaban J connectivity index is 2.37. The molecule has 0 fully saturated rings. The van der Waals surface area contributed by atoms with E-state index in [1.807, 2.05) is 12.4 Å². The Morgan fingerprint density at radius 1 is 1.33 bits per heavy atom. The molecule has 0 unspecified atom stereocenters. The summed E-state index contributed by atoms with van der Waals surface area (Å²) in [4.78, 5) is 0. The molecule has 1 heterocycles. The Hall–Kier alpha value is -1.57. The first-order valence-electron chi connectivity index (χ1n) is 6.34. The van der Waals surface area contributed by atoms with E-state index in [0.29, 0.717) is 22.2 Å². The summed E-state index contributed by atoms with van der Waals surface area (Å²) in [7, 11) is 1.30. The van der Waals surface area contributed by atoms with E-state index in [2.05, 4.69) is 5.32 Å². The molecule has 0 amide bonds. The topological polar surface area (TPSA) is 58.6 Å². The molecule has 5 nitrogen and oxygen atoms in total. The number of nitrogens with zero attached hydrogens (tertiary/aromatic N) is 1. The molecular formula is C14H18N2O3S2. The molecule has 2 aromatic rings. The molecule has 0 aliphatic carbocycles. The number of hydrogen-bond acceptors (Lipinski definition) is 5. The SMILES string of the molecule is CNCc1csc(S(=O)(=O)N(C)c2ccccc2OC)c1. The van der Waals surface area contributed by atoms with Crippen molar-refractivity contribution >= 4 is 27.0 Å². The minimum absolute atomic E-state index is 0.321. The number of rotatable bonds is 6. The van der Waals surface area contributed by atoms with E-state index in [1.54, 1.807) is 30.3 Å². The Bertz CT molecular complexity index is 711. The molecule has 1 aromatic heterocycles. The van der Waals surface area contributed by atoms with E-state index >= 15 is 0 Å². The van der Waals surface area contributed by atoms with Gasteiger partial charge in [0.25, 0.3) is 10.0 Å². The van der Waals surface area contributed by atoms with Gasteiger partial charge in [0.1, 0.15) is 9.96 Å². The zero-order valence-electron chi connectivity index (χ0n) is 12.2. The van der Waals surface area contributed by atoms with Crippen LogP contribution in [0.2, 0.25) is 0 Å². The van der Waals surface area contributed by atoms with Gasteiger partial charge in [0.15, 0.2) is 0 Å². The molecule has 21 heavy (non-hydrogen) atoms. The van der Waals surface area contributed by atoms with Gasteiger partial charge in [-0.3, -0.25) is 4.31 Å². The van der Waals surface area contributed by atoms with Crippen LogP contribution in [0, 0.1) is 0 Å². The summed E-state index contributed by atoms with van der Waals surface area (Å²) in [6.45, 7) is 0.643. The number of anilines is 1. The van der Waals surface area contributed by atoms with Crippen LogP contribution in [0.5, 0.6) is 5.75 Å². The number of sulfonamides is 1. The van der Waals surface area contributed by atoms with E-state index < -0.39 is 10.0 Å². The fourth-order valence-electron chi connectivity index (χ4n) is 1.94. The summed E-state index contributed by atoms with van der Waals surface area (Å²) in [5.41, 5.74) is 1.47. The molecule has 2 rings (SSSR count). The Kier molecular flexibility index (Phi) is 4.87. The van der Waals surface area contributed by atoms with Crippen LogP contribution >= 0.6 is 11.3 Å². The maximum absolute atomic E-state index is 12.7. The van der Waals surface area contributed by atoms with Crippen molar-refractivity contribution in [3.05, 3.63) is 41.3 Å². The summed E-state index contributed by atoms with van der Waals surface area (Å²) in [5, 5.41) is 4.85. The van der Waals surface area contributed by atoms with Gasteiger partial charge in [-0.15, -0.1) is 11.3 Å². The Morgan fingerprint density at radius 3 is 2.71 bits per heavy atom. The zero-order valence-corrected chi connectivity index (χ0v) is 13.8. The molecule has 0 atom stereocenters. The first-order chi connectivity index (χ1) is 10.0. The van der Waals surface area contributed by atoms with E-state index in [-0.39, 0.29) is 0 Å². The van der Waals surface area contributed by atoms with Gasteiger partial charge in [0, 0.05) is 13.6 Å². The summed E-state index contributed by atoms with van der Waals surface area (Å²) in [6, 6.07) is 8.74. The van der Waals surface area contributed by atoms with Gasteiger partial charge < -0.3 is 10.1 Å².